The lowest BCUT2D eigenvalue weighted by Crippen LogP contribution is -2.44. The first-order valence-electron chi connectivity index (χ1n) is 8.81. The van der Waals surface area contributed by atoms with Gasteiger partial charge in [-0.25, -0.2) is 4.39 Å². The largest absolute Gasteiger partial charge is 0.484 e. The van der Waals surface area contributed by atoms with Crippen molar-refractivity contribution < 1.29 is 23.2 Å². The summed E-state index contributed by atoms with van der Waals surface area (Å²) in [5, 5.41) is 3.88. The fraction of sp³-hybridized carbons (Fsp3) is 0.263. The van der Waals surface area contributed by atoms with Crippen LogP contribution < -0.4 is 4.74 Å². The lowest BCUT2D eigenvalue weighted by molar-refractivity contribution is -0.142. The van der Waals surface area contributed by atoms with Gasteiger partial charge in [0.15, 0.2) is 12.7 Å². The second kappa shape index (κ2) is 8.54. The van der Waals surface area contributed by atoms with E-state index in [4.69, 9.17) is 25.6 Å². The first kappa shape index (κ1) is 19.3. The molecule has 0 N–H and O–H groups in total. The summed E-state index contributed by atoms with van der Waals surface area (Å²) in [5.74, 6) is 0.203. The number of nitrogens with zero attached hydrogens (tertiary/aromatic N) is 4. The second-order valence-corrected chi connectivity index (χ2v) is 6.67. The maximum Gasteiger partial charge on any atom is 0.260 e. The third-order valence-electron chi connectivity index (χ3n) is 4.31. The molecule has 1 aliphatic heterocycles. The third-order valence-corrected chi connectivity index (χ3v) is 4.60. The van der Waals surface area contributed by atoms with Crippen molar-refractivity contribution >= 4 is 17.5 Å². The van der Waals surface area contributed by atoms with Crippen molar-refractivity contribution in [1.29, 1.82) is 0 Å². The molecule has 3 aromatic rings. The Bertz CT molecular complexity index is 1000. The highest BCUT2D eigenvalue weighted by Crippen LogP contribution is 2.24. The molecule has 1 saturated heterocycles. The van der Waals surface area contributed by atoms with Crippen molar-refractivity contribution in [3.63, 3.8) is 0 Å². The molecule has 4 rings (SSSR count). The van der Waals surface area contributed by atoms with Crippen LogP contribution in [0.5, 0.6) is 5.75 Å². The van der Waals surface area contributed by atoms with Gasteiger partial charge in [0.05, 0.1) is 18.2 Å². The molecule has 2 aromatic heterocycles. The number of hydrogen-bond acceptors (Lipinski definition) is 7. The highest BCUT2D eigenvalue weighted by atomic mass is 35.5. The molecule has 1 amide bonds. The predicted molar refractivity (Wildman–Crippen MR) is 99.7 cm³/mol. The van der Waals surface area contributed by atoms with Gasteiger partial charge in [0, 0.05) is 30.6 Å². The fourth-order valence-corrected chi connectivity index (χ4v) is 2.98. The van der Waals surface area contributed by atoms with Crippen molar-refractivity contribution in [2.75, 3.05) is 26.3 Å². The molecule has 1 aliphatic rings. The standard InChI is InChI=1S/C19H16ClFN4O4/c20-14-8-13(3-4-15(14)21)28-11-17(26)25-6-7-27-16(10-25)19-23-18(24-29-19)12-2-1-5-22-9-12/h1-5,8-9,16H,6-7,10-11H2/t16-/m0/s1. The van der Waals surface area contributed by atoms with Gasteiger partial charge in [-0.3, -0.25) is 9.78 Å². The molecule has 0 saturated carbocycles. The number of halogens is 2. The minimum absolute atomic E-state index is 0.0674. The smallest absolute Gasteiger partial charge is 0.260 e. The van der Waals surface area contributed by atoms with E-state index >= 15 is 0 Å². The Kier molecular flexibility index (Phi) is 5.68. The van der Waals surface area contributed by atoms with Crippen LogP contribution in [0.1, 0.15) is 12.0 Å². The molecule has 150 valence electrons. The molecule has 0 unspecified atom stereocenters. The lowest BCUT2D eigenvalue weighted by atomic mass is 10.2. The molecular weight excluding hydrogens is 403 g/mol. The monoisotopic (exact) mass is 418 g/mol. The summed E-state index contributed by atoms with van der Waals surface area (Å²) in [4.78, 5) is 22.5. The summed E-state index contributed by atoms with van der Waals surface area (Å²) < 4.78 is 29.6. The van der Waals surface area contributed by atoms with E-state index in [0.29, 0.717) is 24.7 Å². The normalized spacial score (nSPS) is 16.6. The van der Waals surface area contributed by atoms with Gasteiger partial charge in [-0.2, -0.15) is 4.98 Å². The van der Waals surface area contributed by atoms with Crippen molar-refractivity contribution in [2.45, 2.75) is 6.10 Å². The van der Waals surface area contributed by atoms with Gasteiger partial charge in [-0.05, 0) is 24.3 Å². The van der Waals surface area contributed by atoms with E-state index in [1.807, 2.05) is 6.07 Å². The molecule has 1 aromatic carbocycles. The molecule has 0 bridgehead atoms. The molecule has 10 heteroatoms. The van der Waals surface area contributed by atoms with Crippen LogP contribution >= 0.6 is 11.6 Å². The van der Waals surface area contributed by atoms with E-state index in [1.54, 1.807) is 23.4 Å². The van der Waals surface area contributed by atoms with Crippen molar-refractivity contribution in [2.24, 2.45) is 0 Å². The maximum absolute atomic E-state index is 13.2. The molecule has 3 heterocycles. The molecule has 0 aliphatic carbocycles. The Hall–Kier alpha value is -3.04. The van der Waals surface area contributed by atoms with Gasteiger partial charge in [0.25, 0.3) is 11.8 Å². The van der Waals surface area contributed by atoms with Gasteiger partial charge >= 0.3 is 0 Å². The number of amides is 1. The summed E-state index contributed by atoms with van der Waals surface area (Å²) in [6.07, 6.45) is 2.75. The maximum atomic E-state index is 13.2. The van der Waals surface area contributed by atoms with Gasteiger partial charge < -0.3 is 18.9 Å². The zero-order valence-corrected chi connectivity index (χ0v) is 15.9. The molecule has 1 atom stereocenters. The zero-order valence-electron chi connectivity index (χ0n) is 15.1. The zero-order chi connectivity index (χ0) is 20.2. The highest BCUT2D eigenvalue weighted by Gasteiger charge is 2.29. The van der Waals surface area contributed by atoms with Crippen molar-refractivity contribution in [3.05, 3.63) is 59.5 Å². The summed E-state index contributed by atoms with van der Waals surface area (Å²) >= 11 is 5.72. The van der Waals surface area contributed by atoms with E-state index in [1.165, 1.54) is 18.2 Å². The van der Waals surface area contributed by atoms with Crippen LogP contribution in [0.15, 0.2) is 47.2 Å². The minimum atomic E-state index is -0.549. The second-order valence-electron chi connectivity index (χ2n) is 6.26. The van der Waals surface area contributed by atoms with E-state index in [2.05, 4.69) is 15.1 Å². The van der Waals surface area contributed by atoms with Crippen molar-refractivity contribution in [1.82, 2.24) is 20.0 Å². The molecule has 1 fully saturated rings. The third kappa shape index (κ3) is 4.52. The number of ether oxygens (including phenoxy) is 2. The number of benzene rings is 1. The number of hydrogen-bond donors (Lipinski definition) is 0. The molecular formula is C19H16ClFN4O4. The lowest BCUT2D eigenvalue weighted by Gasteiger charge is -2.31. The SMILES string of the molecule is O=C(COc1ccc(F)c(Cl)c1)N1CCO[C@H](c2nc(-c3cccnc3)no2)C1. The van der Waals surface area contributed by atoms with Crippen LogP contribution in [0, 0.1) is 5.82 Å². The molecule has 0 spiro atoms. The molecule has 29 heavy (non-hydrogen) atoms. The van der Waals surface area contributed by atoms with Gasteiger partial charge in [-0.1, -0.05) is 16.8 Å². The molecule has 8 nitrogen and oxygen atoms in total. The average Bonchev–Trinajstić information content (AvgIpc) is 3.25. The van der Waals surface area contributed by atoms with E-state index in [-0.39, 0.29) is 30.0 Å². The topological polar surface area (TPSA) is 90.6 Å². The summed E-state index contributed by atoms with van der Waals surface area (Å²) in [7, 11) is 0. The minimum Gasteiger partial charge on any atom is -0.484 e. The summed E-state index contributed by atoms with van der Waals surface area (Å²) in [5.41, 5.74) is 0.720. The molecule has 0 radical (unpaired) electrons. The summed E-state index contributed by atoms with van der Waals surface area (Å²) in [6, 6.07) is 7.51. The van der Waals surface area contributed by atoms with E-state index < -0.39 is 11.9 Å². The Labute approximate surface area is 170 Å². The summed E-state index contributed by atoms with van der Waals surface area (Å²) in [6.45, 7) is 0.774. The first-order chi connectivity index (χ1) is 14.1. The number of morpholine rings is 1. The first-order valence-corrected chi connectivity index (χ1v) is 9.19. The van der Waals surface area contributed by atoms with Gasteiger partial charge in [0.2, 0.25) is 5.82 Å². The Morgan fingerprint density at radius 2 is 2.28 bits per heavy atom. The Balaban J connectivity index is 1.37. The van der Waals surface area contributed by atoms with Crippen LogP contribution in [-0.2, 0) is 9.53 Å². The number of carbonyl (C=O) groups is 1. The number of aromatic nitrogens is 3. The quantitative estimate of drug-likeness (QED) is 0.629. The van der Waals surface area contributed by atoms with E-state index in [9.17, 15) is 9.18 Å². The van der Waals surface area contributed by atoms with Crippen LogP contribution in [0.4, 0.5) is 4.39 Å². The van der Waals surface area contributed by atoms with Gasteiger partial charge in [-0.15, -0.1) is 0 Å². The van der Waals surface area contributed by atoms with Crippen LogP contribution in [0.2, 0.25) is 5.02 Å². The van der Waals surface area contributed by atoms with Gasteiger partial charge in [0.1, 0.15) is 11.6 Å². The Morgan fingerprint density at radius 3 is 3.07 bits per heavy atom. The predicted octanol–water partition coefficient (Wildman–Crippen LogP) is 2.90. The van der Waals surface area contributed by atoms with E-state index in [0.717, 1.165) is 5.56 Å². The van der Waals surface area contributed by atoms with Crippen LogP contribution in [-0.4, -0.2) is 52.2 Å². The van der Waals surface area contributed by atoms with Crippen molar-refractivity contribution in [3.8, 4) is 17.1 Å². The number of rotatable bonds is 5. The Morgan fingerprint density at radius 1 is 1.38 bits per heavy atom. The number of carbonyl (C=O) groups excluding carboxylic acids is 1. The number of pyridine rings is 1. The fourth-order valence-electron chi connectivity index (χ4n) is 2.81. The highest BCUT2D eigenvalue weighted by molar-refractivity contribution is 6.30. The van der Waals surface area contributed by atoms with Crippen LogP contribution in [0.3, 0.4) is 0 Å². The average molecular weight is 419 g/mol. The van der Waals surface area contributed by atoms with Crippen LogP contribution in [0.25, 0.3) is 11.4 Å².